The number of nitrogens with zero attached hydrogens (tertiary/aromatic N) is 1. The highest BCUT2D eigenvalue weighted by Gasteiger charge is 2.29. The maximum atomic E-state index is 12.7. The molecule has 0 aromatic heterocycles. The van der Waals surface area contributed by atoms with Crippen LogP contribution in [-0.2, 0) is 66.3 Å². The number of hydrogen-bond acceptors (Lipinski definition) is 15. The van der Waals surface area contributed by atoms with Gasteiger partial charge in [-0.3, -0.25) is 0 Å². The molecular weight excluding hydrogens is 951 g/mol. The Kier molecular flexibility index (Phi) is 44.0. The molecular formula is C58H99NO15. The highest BCUT2D eigenvalue weighted by atomic mass is 16.6. The van der Waals surface area contributed by atoms with Crippen molar-refractivity contribution in [2.24, 2.45) is 0 Å². The molecule has 0 unspecified atom stereocenters. The van der Waals surface area contributed by atoms with Crippen LogP contribution in [0.3, 0.4) is 0 Å². The molecule has 0 bridgehead atoms. The molecule has 1 amide bonds. The Hall–Kier alpha value is -2.81. The molecule has 16 heteroatoms. The van der Waals surface area contributed by atoms with E-state index in [1.54, 1.807) is 7.05 Å². The third-order valence-corrected chi connectivity index (χ3v) is 12.3. The van der Waals surface area contributed by atoms with Gasteiger partial charge in [0.1, 0.15) is 6.61 Å². The second-order valence-corrected chi connectivity index (χ2v) is 18.3. The summed E-state index contributed by atoms with van der Waals surface area (Å²) in [5.74, 6) is 0.0355. The Morgan fingerprint density at radius 3 is 0.919 bits per heavy atom. The van der Waals surface area contributed by atoms with Crippen molar-refractivity contribution < 1.29 is 71.1 Å². The van der Waals surface area contributed by atoms with Crippen LogP contribution in [0.5, 0.6) is 0 Å². The molecule has 1 aliphatic rings. The molecule has 16 nitrogen and oxygen atoms in total. The van der Waals surface area contributed by atoms with Crippen LogP contribution >= 0.6 is 0 Å². The number of carbonyl (C=O) groups is 1. The summed E-state index contributed by atoms with van der Waals surface area (Å²) in [4.78, 5) is 14.2. The molecule has 74 heavy (non-hydrogen) atoms. The number of amides is 1. The first-order valence-corrected chi connectivity index (χ1v) is 28.3. The summed E-state index contributed by atoms with van der Waals surface area (Å²) >= 11 is 0. The van der Waals surface area contributed by atoms with Crippen molar-refractivity contribution in [1.29, 1.82) is 0 Å². The third kappa shape index (κ3) is 35.5. The highest BCUT2D eigenvalue weighted by molar-refractivity contribution is 5.79. The average Bonchev–Trinajstić information content (AvgIpc) is 3.74. The standard InChI is InChI=1S/C58H99NO15/c1-3-4-5-6-7-8-9-10-11-12-13-14-15-20-26-61-28-30-63-32-34-65-36-38-67-40-42-69-44-46-71-48-50-73-51-49-72-47-45-70-43-41-68-39-37-66-35-33-64-31-29-62-27-25-59(2)58(60)74-52-57-55-23-18-16-21-53(55)54-22-17-19-24-56(54)57/h16-19,21-24,57H,3-15,20,25-52H2,1-2H3. The Morgan fingerprint density at radius 1 is 0.351 bits per heavy atom. The quantitative estimate of drug-likeness (QED) is 0.0579. The molecule has 0 saturated carbocycles. The second-order valence-electron chi connectivity index (χ2n) is 18.3. The van der Waals surface area contributed by atoms with Gasteiger partial charge < -0.3 is 71.2 Å². The first-order valence-electron chi connectivity index (χ1n) is 28.3. The van der Waals surface area contributed by atoms with Crippen LogP contribution in [0.1, 0.15) is 114 Å². The van der Waals surface area contributed by atoms with Gasteiger partial charge in [0.2, 0.25) is 0 Å². The minimum absolute atomic E-state index is 0.0355. The molecule has 0 radical (unpaired) electrons. The van der Waals surface area contributed by atoms with Crippen molar-refractivity contribution in [3.63, 3.8) is 0 Å². The molecule has 0 spiro atoms. The van der Waals surface area contributed by atoms with E-state index in [0.717, 1.165) is 13.0 Å². The van der Waals surface area contributed by atoms with Gasteiger partial charge in [-0.05, 0) is 28.7 Å². The Morgan fingerprint density at radius 2 is 0.608 bits per heavy atom. The summed E-state index contributed by atoms with van der Waals surface area (Å²) in [6.07, 6.45) is 18.8. The van der Waals surface area contributed by atoms with Crippen molar-refractivity contribution in [1.82, 2.24) is 4.90 Å². The topological polar surface area (TPSA) is 150 Å². The highest BCUT2D eigenvalue weighted by Crippen LogP contribution is 2.44. The summed E-state index contributed by atoms with van der Waals surface area (Å²) in [5, 5.41) is 0. The number of ether oxygens (including phenoxy) is 14. The van der Waals surface area contributed by atoms with Gasteiger partial charge in [0.05, 0.1) is 165 Å². The zero-order valence-electron chi connectivity index (χ0n) is 46.0. The molecule has 0 saturated heterocycles. The summed E-state index contributed by atoms with van der Waals surface area (Å²) in [6, 6.07) is 16.6. The van der Waals surface area contributed by atoms with E-state index in [1.807, 2.05) is 24.3 Å². The van der Waals surface area contributed by atoms with Gasteiger partial charge in [-0.1, -0.05) is 139 Å². The molecule has 0 heterocycles. The van der Waals surface area contributed by atoms with Crippen LogP contribution in [0.2, 0.25) is 0 Å². The zero-order chi connectivity index (χ0) is 52.3. The first kappa shape index (κ1) is 65.5. The lowest BCUT2D eigenvalue weighted by Crippen LogP contribution is -2.32. The maximum absolute atomic E-state index is 12.7. The number of likely N-dealkylation sites (N-methyl/N-ethyl adjacent to an activating group) is 1. The SMILES string of the molecule is CCCCCCCCCCCCCCCCOCCOCCOCCOCCOCCOCCOCCOCCOCCOCCOCCOCCOCCN(C)C(=O)OCC1c2ccccc2-c2ccccc21. The van der Waals surface area contributed by atoms with Crippen molar-refractivity contribution in [2.75, 3.05) is 192 Å². The lowest BCUT2D eigenvalue weighted by molar-refractivity contribution is -0.0291. The van der Waals surface area contributed by atoms with Crippen LogP contribution in [0.15, 0.2) is 48.5 Å². The molecule has 0 aliphatic heterocycles. The van der Waals surface area contributed by atoms with Gasteiger partial charge in [0.15, 0.2) is 0 Å². The minimum atomic E-state index is -0.365. The Labute approximate surface area is 446 Å². The average molecular weight is 1050 g/mol. The van der Waals surface area contributed by atoms with E-state index in [1.165, 1.54) is 111 Å². The fourth-order valence-electron chi connectivity index (χ4n) is 8.14. The van der Waals surface area contributed by atoms with Gasteiger partial charge >= 0.3 is 6.09 Å². The summed E-state index contributed by atoms with van der Waals surface area (Å²) in [7, 11) is 1.72. The Bertz CT molecular complexity index is 1500. The largest absolute Gasteiger partial charge is 0.448 e. The molecule has 2 aromatic carbocycles. The molecule has 1 aliphatic carbocycles. The lowest BCUT2D eigenvalue weighted by atomic mass is 9.98. The van der Waals surface area contributed by atoms with Crippen molar-refractivity contribution in [3.05, 3.63) is 59.7 Å². The van der Waals surface area contributed by atoms with Crippen LogP contribution < -0.4 is 0 Å². The predicted octanol–water partition coefficient (Wildman–Crippen LogP) is 9.56. The number of rotatable bonds is 56. The summed E-state index contributed by atoms with van der Waals surface area (Å²) in [6.45, 7) is 16.4. The zero-order valence-corrected chi connectivity index (χ0v) is 46.0. The summed E-state index contributed by atoms with van der Waals surface area (Å²) in [5.41, 5.74) is 4.80. The number of benzene rings is 2. The van der Waals surface area contributed by atoms with Gasteiger partial charge in [-0.25, -0.2) is 4.79 Å². The number of carbonyl (C=O) groups excluding carboxylic acids is 1. The summed E-state index contributed by atoms with van der Waals surface area (Å²) < 4.78 is 78.1. The smallest absolute Gasteiger partial charge is 0.409 e. The van der Waals surface area contributed by atoms with Crippen molar-refractivity contribution >= 4 is 6.09 Å². The van der Waals surface area contributed by atoms with E-state index < -0.39 is 0 Å². The van der Waals surface area contributed by atoms with Crippen molar-refractivity contribution in [2.45, 2.75) is 103 Å². The maximum Gasteiger partial charge on any atom is 0.409 e. The third-order valence-electron chi connectivity index (χ3n) is 12.3. The van der Waals surface area contributed by atoms with Gasteiger partial charge in [-0.2, -0.15) is 0 Å². The van der Waals surface area contributed by atoms with Crippen LogP contribution in [0.25, 0.3) is 11.1 Å². The molecule has 426 valence electrons. The van der Waals surface area contributed by atoms with E-state index in [-0.39, 0.29) is 12.0 Å². The predicted molar refractivity (Wildman–Crippen MR) is 289 cm³/mol. The molecule has 2 aromatic rings. The van der Waals surface area contributed by atoms with Crippen LogP contribution in [-0.4, -0.2) is 203 Å². The second kappa shape index (κ2) is 49.7. The molecule has 0 atom stereocenters. The normalized spacial score (nSPS) is 12.2. The van der Waals surface area contributed by atoms with Crippen molar-refractivity contribution in [3.8, 4) is 11.1 Å². The monoisotopic (exact) mass is 1050 g/mol. The van der Waals surface area contributed by atoms with Gasteiger partial charge in [0.25, 0.3) is 0 Å². The van der Waals surface area contributed by atoms with Gasteiger partial charge in [-0.15, -0.1) is 0 Å². The fourth-order valence-corrected chi connectivity index (χ4v) is 8.14. The fraction of sp³-hybridized carbons (Fsp3) is 0.776. The number of hydrogen-bond donors (Lipinski definition) is 0. The van der Waals surface area contributed by atoms with Gasteiger partial charge in [0, 0.05) is 26.1 Å². The Balaban J connectivity index is 0.891. The first-order chi connectivity index (χ1) is 36.7. The van der Waals surface area contributed by atoms with E-state index in [9.17, 15) is 4.79 Å². The number of unbranched alkanes of at least 4 members (excludes halogenated alkanes) is 13. The molecule has 3 rings (SSSR count). The van der Waals surface area contributed by atoms with E-state index in [0.29, 0.717) is 178 Å². The number of fused-ring (bicyclic) bond motifs is 3. The minimum Gasteiger partial charge on any atom is -0.448 e. The molecule has 0 fully saturated rings. The lowest BCUT2D eigenvalue weighted by Gasteiger charge is -2.19. The van der Waals surface area contributed by atoms with Crippen LogP contribution in [0, 0.1) is 0 Å². The van der Waals surface area contributed by atoms with E-state index in [2.05, 4.69) is 31.2 Å². The van der Waals surface area contributed by atoms with Crippen LogP contribution in [0.4, 0.5) is 4.79 Å². The van der Waals surface area contributed by atoms with E-state index in [4.69, 9.17) is 66.3 Å². The molecule has 0 N–H and O–H groups in total. The van der Waals surface area contributed by atoms with E-state index >= 15 is 0 Å².